The van der Waals surface area contributed by atoms with Gasteiger partial charge in [-0.15, -0.1) is 39.6 Å². The van der Waals surface area contributed by atoms with Gasteiger partial charge >= 0.3 is 52.7 Å². The summed E-state index contributed by atoms with van der Waals surface area (Å²) in [4.78, 5) is 0. The van der Waals surface area contributed by atoms with Crippen LogP contribution >= 0.6 is 0 Å². The second kappa shape index (κ2) is 84.8. The van der Waals surface area contributed by atoms with Gasteiger partial charge in [0.1, 0.15) is 0 Å². The van der Waals surface area contributed by atoms with Crippen LogP contribution in [0.3, 0.4) is 0 Å². The van der Waals surface area contributed by atoms with Gasteiger partial charge in [0.15, 0.2) is 0 Å². The Hall–Kier alpha value is 1.47. The molecule has 0 bridgehead atoms. The SMILES string of the molecule is CCCC[O-].CCCC[O-].CCCC[O-].CCCC[O-].CCCC[O-].CCCC[O-].[H+].[Na+].[Ti+4]. The van der Waals surface area contributed by atoms with E-state index in [2.05, 4.69) is 0 Å². The van der Waals surface area contributed by atoms with Crippen LogP contribution in [0.4, 0.5) is 0 Å². The average molecular weight is 511 g/mol. The van der Waals surface area contributed by atoms with Gasteiger partial charge in [-0.05, 0) is 0 Å². The van der Waals surface area contributed by atoms with Crippen LogP contribution in [-0.2, 0) is 21.7 Å². The molecule has 0 saturated carbocycles. The summed E-state index contributed by atoms with van der Waals surface area (Å²) in [5, 5.41) is 57.2. The van der Waals surface area contributed by atoms with Crippen LogP contribution in [0.25, 0.3) is 0 Å². The Bertz CT molecular complexity index is 133. The molecule has 0 aromatic carbocycles. The normalized spacial score (nSPS) is 7.88. The van der Waals surface area contributed by atoms with Crippen molar-refractivity contribution < 1.29 is 83.3 Å². The largest absolute Gasteiger partial charge is 4.00 e. The molecule has 0 aromatic rings. The van der Waals surface area contributed by atoms with Crippen molar-refractivity contribution in [1.29, 1.82) is 0 Å². The maximum Gasteiger partial charge on any atom is 4.00 e. The summed E-state index contributed by atoms with van der Waals surface area (Å²) < 4.78 is 0. The molecule has 0 aliphatic heterocycles. The monoisotopic (exact) mass is 510 g/mol. The second-order valence-electron chi connectivity index (χ2n) is 6.35. The molecule has 0 aliphatic carbocycles. The van der Waals surface area contributed by atoms with Crippen LogP contribution in [-0.4, -0.2) is 39.6 Å². The van der Waals surface area contributed by atoms with Crippen molar-refractivity contribution in [3.05, 3.63) is 0 Å². The van der Waals surface area contributed by atoms with Crippen molar-refractivity contribution in [2.75, 3.05) is 39.6 Å². The number of hydrogen-bond donors (Lipinski definition) is 0. The van der Waals surface area contributed by atoms with E-state index in [1.165, 1.54) is 0 Å². The van der Waals surface area contributed by atoms with Gasteiger partial charge in [0, 0.05) is 0 Å². The molecule has 0 aromatic heterocycles. The van der Waals surface area contributed by atoms with Crippen molar-refractivity contribution in [2.45, 2.75) is 119 Å². The van der Waals surface area contributed by atoms with Crippen molar-refractivity contribution >= 4 is 0 Å². The molecule has 0 rings (SSSR count). The standard InChI is InChI=1S/6C4H9O.Na.Ti/c6*1-2-3-4-5;;/h6*2-4H2,1H3;;/q6*-1;+1;+4/p+1. The molecule has 0 spiro atoms. The topological polar surface area (TPSA) is 138 Å². The summed E-state index contributed by atoms with van der Waals surface area (Å²) in [5.74, 6) is 0. The third kappa shape index (κ3) is 161. The van der Waals surface area contributed by atoms with Crippen molar-refractivity contribution in [2.24, 2.45) is 0 Å². The van der Waals surface area contributed by atoms with Gasteiger partial charge < -0.3 is 30.6 Å². The first-order valence-electron chi connectivity index (χ1n) is 12.0. The molecule has 6 nitrogen and oxygen atoms in total. The van der Waals surface area contributed by atoms with Crippen molar-refractivity contribution in [3.8, 4) is 0 Å². The first-order valence-corrected chi connectivity index (χ1v) is 12.0. The summed E-state index contributed by atoms with van der Waals surface area (Å²) in [6.07, 6.45) is 11.2. The van der Waals surface area contributed by atoms with E-state index in [9.17, 15) is 30.6 Å². The molecule has 0 heterocycles. The van der Waals surface area contributed by atoms with Gasteiger partial charge in [-0.2, -0.15) is 0 Å². The summed E-state index contributed by atoms with van der Waals surface area (Å²) in [7, 11) is 0. The van der Waals surface area contributed by atoms with Gasteiger partial charge in [0.05, 0.1) is 0 Å². The first-order chi connectivity index (χ1) is 14.5. The zero-order chi connectivity index (χ0) is 24.7. The molecule has 0 unspecified atom stereocenters. The van der Waals surface area contributed by atoms with E-state index in [1.807, 2.05) is 41.5 Å². The minimum atomic E-state index is 0. The Kier molecular flexibility index (Phi) is 144. The van der Waals surface area contributed by atoms with Gasteiger partial charge in [-0.3, -0.25) is 0 Å². The molecule has 192 valence electrons. The van der Waals surface area contributed by atoms with E-state index in [0.717, 1.165) is 77.0 Å². The van der Waals surface area contributed by atoms with Crippen molar-refractivity contribution in [3.63, 3.8) is 0 Å². The van der Waals surface area contributed by atoms with E-state index in [0.29, 0.717) is 0 Å². The van der Waals surface area contributed by atoms with Gasteiger partial charge in [0.25, 0.3) is 0 Å². The molecule has 0 N–H and O–H groups in total. The second-order valence-corrected chi connectivity index (χ2v) is 6.35. The summed E-state index contributed by atoms with van der Waals surface area (Å²) in [6, 6.07) is 0. The number of hydrogen-bond acceptors (Lipinski definition) is 6. The van der Waals surface area contributed by atoms with E-state index in [1.54, 1.807) is 0 Å². The summed E-state index contributed by atoms with van der Waals surface area (Å²) in [5.41, 5.74) is 0. The number of rotatable bonds is 12. The average Bonchev–Trinajstić information content (AvgIpc) is 2.74. The van der Waals surface area contributed by atoms with Crippen LogP contribution in [0.2, 0.25) is 0 Å². The number of unbranched alkanes of at least 4 members (excludes halogenated alkanes) is 6. The zero-order valence-electron chi connectivity index (χ0n) is 23.7. The molecular weight excluding hydrogens is 455 g/mol. The summed E-state index contributed by atoms with van der Waals surface area (Å²) >= 11 is 0. The zero-order valence-corrected chi connectivity index (χ0v) is 26.2. The fraction of sp³-hybridized carbons (Fsp3) is 1.00. The summed E-state index contributed by atoms with van der Waals surface area (Å²) in [6.45, 7) is 12.6. The Morgan fingerprint density at radius 1 is 0.344 bits per heavy atom. The Morgan fingerprint density at radius 3 is 0.438 bits per heavy atom. The first kappa shape index (κ1) is 54.4. The molecule has 0 aliphatic rings. The van der Waals surface area contributed by atoms with Gasteiger partial charge in [-0.1, -0.05) is 119 Å². The Morgan fingerprint density at radius 2 is 0.438 bits per heavy atom. The van der Waals surface area contributed by atoms with E-state index < -0.39 is 0 Å². The van der Waals surface area contributed by atoms with Crippen LogP contribution < -0.4 is 60.2 Å². The molecule has 32 heavy (non-hydrogen) atoms. The van der Waals surface area contributed by atoms with Crippen molar-refractivity contribution in [1.82, 2.24) is 0 Å². The third-order valence-corrected chi connectivity index (χ3v) is 2.99. The molecule has 0 atom stereocenters. The van der Waals surface area contributed by atoms with Crippen LogP contribution in [0.5, 0.6) is 0 Å². The van der Waals surface area contributed by atoms with E-state index in [-0.39, 0.29) is 92.3 Å². The molecule has 0 radical (unpaired) electrons. The Balaban J connectivity index is -0.0000000294. The van der Waals surface area contributed by atoms with E-state index >= 15 is 0 Å². The maximum absolute atomic E-state index is 9.53. The predicted octanol–water partition coefficient (Wildman–Crippen LogP) is -2.01. The fourth-order valence-electron chi connectivity index (χ4n) is 0.866. The molecule has 0 fully saturated rings. The molecule has 0 amide bonds. The van der Waals surface area contributed by atoms with Crippen LogP contribution in [0.1, 0.15) is 120 Å². The predicted molar refractivity (Wildman–Crippen MR) is 120 cm³/mol. The van der Waals surface area contributed by atoms with E-state index in [4.69, 9.17) is 0 Å². The minimum Gasteiger partial charge on any atom is -0.854 e. The fourth-order valence-corrected chi connectivity index (χ4v) is 0.866. The maximum atomic E-state index is 9.53. The smallest absolute Gasteiger partial charge is 0.854 e. The molecular formula is C24H55NaO6Ti. The third-order valence-electron chi connectivity index (χ3n) is 2.99. The van der Waals surface area contributed by atoms with Crippen LogP contribution in [0, 0.1) is 0 Å². The minimum absolute atomic E-state index is 0. The van der Waals surface area contributed by atoms with Crippen LogP contribution in [0.15, 0.2) is 0 Å². The van der Waals surface area contributed by atoms with Gasteiger partial charge in [0.2, 0.25) is 0 Å². The van der Waals surface area contributed by atoms with Gasteiger partial charge in [-0.25, -0.2) is 0 Å². The molecule has 8 heteroatoms. The Labute approximate surface area is 240 Å². The molecule has 0 saturated heterocycles. The quantitative estimate of drug-likeness (QED) is 0.278.